The van der Waals surface area contributed by atoms with E-state index in [2.05, 4.69) is 20.9 Å². The first-order valence-electron chi connectivity index (χ1n) is 7.45. The Morgan fingerprint density at radius 2 is 2.13 bits per heavy atom. The fourth-order valence-electron chi connectivity index (χ4n) is 2.27. The van der Waals surface area contributed by atoms with Gasteiger partial charge in [-0.1, -0.05) is 6.07 Å². The number of amides is 2. The zero-order chi connectivity index (χ0) is 16.9. The summed E-state index contributed by atoms with van der Waals surface area (Å²) in [6, 6.07) is 2.63. The number of anilines is 1. The monoisotopic (exact) mass is 342 g/mol. The van der Waals surface area contributed by atoms with E-state index in [0.29, 0.717) is 19.5 Å². The number of aliphatic hydroxyl groups is 1. The number of aromatic nitrogens is 1. The van der Waals surface area contributed by atoms with Gasteiger partial charge < -0.3 is 21.1 Å². The molecule has 0 radical (unpaired) electrons. The van der Waals surface area contributed by atoms with Crippen LogP contribution in [0, 0.1) is 6.92 Å². The number of hydrogen-bond donors (Lipinski definition) is 4. The van der Waals surface area contributed by atoms with Gasteiger partial charge in [0.1, 0.15) is 5.82 Å². The maximum Gasteiger partial charge on any atom is 0.315 e. The van der Waals surface area contributed by atoms with Gasteiger partial charge in [0.2, 0.25) is 0 Å². The third-order valence-electron chi connectivity index (χ3n) is 3.50. The number of carbonyl (C=O) groups excluding carboxylic acids is 1. The summed E-state index contributed by atoms with van der Waals surface area (Å²) in [4.78, 5) is 15.9. The molecule has 1 aliphatic heterocycles. The van der Waals surface area contributed by atoms with E-state index in [4.69, 9.17) is 0 Å². The van der Waals surface area contributed by atoms with Gasteiger partial charge in [-0.3, -0.25) is 0 Å². The van der Waals surface area contributed by atoms with E-state index in [1.165, 1.54) is 0 Å². The van der Waals surface area contributed by atoms with Crippen LogP contribution in [0.3, 0.4) is 0 Å². The van der Waals surface area contributed by atoms with Crippen LogP contribution in [0.2, 0.25) is 0 Å². The summed E-state index contributed by atoms with van der Waals surface area (Å²) in [5.41, 5.74) is 1.09. The number of nitrogens with one attached hydrogen (secondary N) is 3. The molecule has 2 rings (SSSR count). The Morgan fingerprint density at radius 1 is 1.35 bits per heavy atom. The molecule has 9 heteroatoms. The smallest absolute Gasteiger partial charge is 0.315 e. The van der Waals surface area contributed by atoms with Crippen molar-refractivity contribution in [1.29, 1.82) is 0 Å². The summed E-state index contributed by atoms with van der Waals surface area (Å²) in [6.45, 7) is 3.04. The SMILES string of the molecule is Cc1ccc(NCCCNC(=O)N[C@@H]2CS(=O)(=O)C[C@H]2O)nc1. The third-order valence-corrected chi connectivity index (χ3v) is 5.21. The average Bonchev–Trinajstić information content (AvgIpc) is 2.73. The lowest BCUT2D eigenvalue weighted by molar-refractivity contribution is 0.165. The fourth-order valence-corrected chi connectivity index (χ4v) is 4.01. The van der Waals surface area contributed by atoms with Crippen molar-refractivity contribution in [3.63, 3.8) is 0 Å². The first kappa shape index (κ1) is 17.5. The Kier molecular flexibility index (Phi) is 5.78. The van der Waals surface area contributed by atoms with Crippen molar-refractivity contribution in [2.45, 2.75) is 25.5 Å². The lowest BCUT2D eigenvalue weighted by atomic mass is 10.2. The second kappa shape index (κ2) is 7.60. The van der Waals surface area contributed by atoms with E-state index in [1.54, 1.807) is 6.20 Å². The molecule has 0 unspecified atom stereocenters. The molecule has 1 aliphatic rings. The molecule has 1 fully saturated rings. The Morgan fingerprint density at radius 3 is 2.74 bits per heavy atom. The normalized spacial score (nSPS) is 22.5. The van der Waals surface area contributed by atoms with Crippen LogP contribution >= 0.6 is 0 Å². The zero-order valence-electron chi connectivity index (χ0n) is 12.9. The summed E-state index contributed by atoms with van der Waals surface area (Å²) < 4.78 is 22.7. The van der Waals surface area contributed by atoms with E-state index in [9.17, 15) is 18.3 Å². The number of aliphatic hydroxyl groups excluding tert-OH is 1. The summed E-state index contributed by atoms with van der Waals surface area (Å²) >= 11 is 0. The molecule has 2 heterocycles. The van der Waals surface area contributed by atoms with Crippen LogP contribution in [0.15, 0.2) is 18.3 Å². The maximum absolute atomic E-state index is 11.7. The number of rotatable bonds is 6. The summed E-state index contributed by atoms with van der Waals surface area (Å²) in [6.07, 6.45) is 1.42. The van der Waals surface area contributed by atoms with Crippen molar-refractivity contribution in [2.24, 2.45) is 0 Å². The second-order valence-corrected chi connectivity index (χ2v) is 7.81. The number of hydrogen-bond acceptors (Lipinski definition) is 6. The molecule has 2 atom stereocenters. The van der Waals surface area contributed by atoms with Gasteiger partial charge in [-0.15, -0.1) is 0 Å². The molecule has 0 saturated carbocycles. The number of urea groups is 1. The molecule has 1 saturated heterocycles. The quantitative estimate of drug-likeness (QED) is 0.525. The van der Waals surface area contributed by atoms with Gasteiger partial charge in [-0.2, -0.15) is 0 Å². The molecular weight excluding hydrogens is 320 g/mol. The van der Waals surface area contributed by atoms with Crippen LogP contribution < -0.4 is 16.0 Å². The van der Waals surface area contributed by atoms with Crippen LogP contribution in [0.5, 0.6) is 0 Å². The van der Waals surface area contributed by atoms with Gasteiger partial charge in [0, 0.05) is 19.3 Å². The van der Waals surface area contributed by atoms with Crippen molar-refractivity contribution in [2.75, 3.05) is 29.9 Å². The second-order valence-electron chi connectivity index (χ2n) is 5.65. The molecule has 23 heavy (non-hydrogen) atoms. The molecule has 128 valence electrons. The van der Waals surface area contributed by atoms with Crippen molar-refractivity contribution >= 4 is 21.7 Å². The minimum atomic E-state index is -3.26. The highest BCUT2D eigenvalue weighted by Gasteiger charge is 2.37. The van der Waals surface area contributed by atoms with E-state index in [0.717, 1.165) is 11.4 Å². The highest BCUT2D eigenvalue weighted by Crippen LogP contribution is 2.12. The summed E-state index contributed by atoms with van der Waals surface area (Å²) in [5.74, 6) is 0.257. The Hall–Kier alpha value is -1.87. The molecule has 8 nitrogen and oxygen atoms in total. The largest absolute Gasteiger partial charge is 0.390 e. The van der Waals surface area contributed by atoms with Gasteiger partial charge in [0.15, 0.2) is 9.84 Å². The molecule has 0 aromatic carbocycles. The van der Waals surface area contributed by atoms with Crippen molar-refractivity contribution in [3.8, 4) is 0 Å². The number of pyridine rings is 1. The minimum Gasteiger partial charge on any atom is -0.390 e. The molecule has 2 amide bonds. The van der Waals surface area contributed by atoms with Gasteiger partial charge in [-0.05, 0) is 25.0 Å². The molecule has 0 bridgehead atoms. The minimum absolute atomic E-state index is 0.220. The summed E-state index contributed by atoms with van der Waals surface area (Å²) in [7, 11) is -3.26. The molecule has 1 aromatic rings. The highest BCUT2D eigenvalue weighted by molar-refractivity contribution is 7.91. The Balaban J connectivity index is 1.61. The Labute approximate surface area is 135 Å². The zero-order valence-corrected chi connectivity index (χ0v) is 13.8. The lowest BCUT2D eigenvalue weighted by Crippen LogP contribution is -2.47. The maximum atomic E-state index is 11.7. The lowest BCUT2D eigenvalue weighted by Gasteiger charge is -2.15. The van der Waals surface area contributed by atoms with Gasteiger partial charge in [-0.25, -0.2) is 18.2 Å². The van der Waals surface area contributed by atoms with Gasteiger partial charge in [0.05, 0.1) is 23.7 Å². The van der Waals surface area contributed by atoms with E-state index in [-0.39, 0.29) is 11.5 Å². The topological polar surface area (TPSA) is 120 Å². The average molecular weight is 342 g/mol. The molecule has 4 N–H and O–H groups in total. The van der Waals surface area contributed by atoms with E-state index in [1.807, 2.05) is 19.1 Å². The highest BCUT2D eigenvalue weighted by atomic mass is 32.2. The molecule has 1 aromatic heterocycles. The fraction of sp³-hybridized carbons (Fsp3) is 0.571. The van der Waals surface area contributed by atoms with Crippen LogP contribution in [-0.4, -0.2) is 61.3 Å². The van der Waals surface area contributed by atoms with Crippen molar-refractivity contribution in [3.05, 3.63) is 23.9 Å². The third kappa shape index (κ3) is 5.68. The number of sulfone groups is 1. The number of aryl methyl sites for hydroxylation is 1. The Bertz CT molecular complexity index is 633. The molecule has 0 spiro atoms. The standard InChI is InChI=1S/C14H22N4O4S/c1-10-3-4-13(17-7-10)15-5-2-6-16-14(20)18-11-8-23(21,22)9-12(11)19/h3-4,7,11-12,19H,2,5-6,8-9H2,1H3,(H,15,17)(H2,16,18,20)/t11-,12-/m1/s1. The van der Waals surface area contributed by atoms with Crippen molar-refractivity contribution < 1.29 is 18.3 Å². The first-order valence-corrected chi connectivity index (χ1v) is 9.27. The van der Waals surface area contributed by atoms with Crippen LogP contribution in [0.1, 0.15) is 12.0 Å². The number of carbonyl (C=O) groups is 1. The summed E-state index contributed by atoms with van der Waals surface area (Å²) in [5, 5.41) is 17.8. The van der Waals surface area contributed by atoms with Crippen molar-refractivity contribution in [1.82, 2.24) is 15.6 Å². The van der Waals surface area contributed by atoms with Gasteiger partial charge in [0.25, 0.3) is 0 Å². The van der Waals surface area contributed by atoms with E-state index < -0.39 is 28.0 Å². The van der Waals surface area contributed by atoms with Crippen LogP contribution in [0.25, 0.3) is 0 Å². The van der Waals surface area contributed by atoms with Crippen LogP contribution in [0.4, 0.5) is 10.6 Å². The van der Waals surface area contributed by atoms with Gasteiger partial charge >= 0.3 is 6.03 Å². The predicted molar refractivity (Wildman–Crippen MR) is 87.1 cm³/mol. The van der Waals surface area contributed by atoms with Crippen LogP contribution in [-0.2, 0) is 9.84 Å². The number of nitrogens with zero attached hydrogens (tertiary/aromatic N) is 1. The molecular formula is C14H22N4O4S. The first-order chi connectivity index (χ1) is 10.9. The molecule has 0 aliphatic carbocycles. The van der Waals surface area contributed by atoms with E-state index >= 15 is 0 Å². The predicted octanol–water partition coefficient (Wildman–Crippen LogP) is -0.351.